The molecular formula is C50H33N6O2+. The quantitative estimate of drug-likeness (QED) is 0.145. The Hall–Kier alpha value is -8.10. The van der Waals surface area contributed by atoms with E-state index >= 15 is 0 Å². The van der Waals surface area contributed by atoms with E-state index in [-0.39, 0.29) is 0 Å². The van der Waals surface area contributed by atoms with E-state index in [0.29, 0.717) is 11.5 Å². The number of ether oxygens (including phenoxy) is 2. The first-order valence-corrected chi connectivity index (χ1v) is 19.1. The molecule has 0 N–H and O–H groups in total. The molecule has 7 aromatic carbocycles. The van der Waals surface area contributed by atoms with Crippen molar-refractivity contribution < 1.29 is 14.2 Å². The van der Waals surface area contributed by atoms with Crippen LogP contribution in [0.4, 0.5) is 0 Å². The van der Waals surface area contributed by atoms with Gasteiger partial charge in [-0.05, 0) is 89.9 Å². The van der Waals surface area contributed by atoms with Gasteiger partial charge in [0.05, 0.1) is 22.1 Å². The summed E-state index contributed by atoms with van der Waals surface area (Å²) in [4.78, 5) is 9.44. The number of hydrogen-bond acceptors (Lipinski definition) is 5. The first-order valence-electron chi connectivity index (χ1n) is 19.1. The summed E-state index contributed by atoms with van der Waals surface area (Å²) in [5.41, 5.74) is 7.89. The van der Waals surface area contributed by atoms with Gasteiger partial charge in [0.15, 0.2) is 5.69 Å². The van der Waals surface area contributed by atoms with Gasteiger partial charge in [-0.1, -0.05) is 84.0 Å². The van der Waals surface area contributed by atoms with E-state index in [4.69, 9.17) is 19.6 Å². The van der Waals surface area contributed by atoms with Crippen molar-refractivity contribution in [3.05, 3.63) is 201 Å². The Labute approximate surface area is 333 Å². The average Bonchev–Trinajstić information content (AvgIpc) is 3.79. The maximum Gasteiger partial charge on any atom is 0.312 e. The Morgan fingerprint density at radius 1 is 0.431 bits per heavy atom. The van der Waals surface area contributed by atoms with Crippen LogP contribution in [0.5, 0.6) is 23.0 Å². The zero-order valence-electron chi connectivity index (χ0n) is 31.1. The van der Waals surface area contributed by atoms with Crippen molar-refractivity contribution in [1.29, 1.82) is 0 Å². The largest absolute Gasteiger partial charge is 0.457 e. The maximum absolute atomic E-state index is 6.47. The molecule has 4 aromatic heterocycles. The van der Waals surface area contributed by atoms with Crippen molar-refractivity contribution in [2.45, 2.75) is 0 Å². The van der Waals surface area contributed by atoms with Crippen LogP contribution in [0.1, 0.15) is 0 Å². The van der Waals surface area contributed by atoms with Gasteiger partial charge in [0, 0.05) is 57.2 Å². The molecule has 11 aromatic rings. The van der Waals surface area contributed by atoms with Crippen molar-refractivity contribution >= 4 is 43.6 Å². The summed E-state index contributed by atoms with van der Waals surface area (Å²) < 4.78 is 19.1. The van der Waals surface area contributed by atoms with E-state index in [1.165, 1.54) is 10.8 Å². The Kier molecular flexibility index (Phi) is 7.96. The number of nitrogens with zero attached hydrogens (tertiary/aromatic N) is 6. The van der Waals surface area contributed by atoms with Crippen LogP contribution in [0.25, 0.3) is 72.1 Å². The smallest absolute Gasteiger partial charge is 0.312 e. The second-order valence-electron chi connectivity index (χ2n) is 14.0. The molecule has 0 spiro atoms. The predicted octanol–water partition coefficient (Wildman–Crippen LogP) is 11.6. The van der Waals surface area contributed by atoms with Gasteiger partial charge in [-0.3, -0.25) is 4.57 Å². The first-order chi connectivity index (χ1) is 28.7. The lowest BCUT2D eigenvalue weighted by Crippen LogP contribution is -2.35. The molecule has 0 aliphatic rings. The molecular weight excluding hydrogens is 717 g/mol. The highest BCUT2D eigenvalue weighted by atomic mass is 16.5. The molecule has 8 heteroatoms. The highest BCUT2D eigenvalue weighted by Crippen LogP contribution is 2.37. The lowest BCUT2D eigenvalue weighted by molar-refractivity contribution is -0.662. The van der Waals surface area contributed by atoms with E-state index < -0.39 is 0 Å². The van der Waals surface area contributed by atoms with Crippen LogP contribution >= 0.6 is 0 Å². The number of hydrogen-bond donors (Lipinski definition) is 0. The minimum atomic E-state index is 0.683. The lowest BCUT2D eigenvalue weighted by atomic mass is 10.1. The van der Waals surface area contributed by atoms with Gasteiger partial charge in [0.2, 0.25) is 5.69 Å². The Balaban J connectivity index is 0.849. The van der Waals surface area contributed by atoms with Gasteiger partial charge in [-0.15, -0.1) is 4.68 Å². The zero-order chi connectivity index (χ0) is 38.4. The van der Waals surface area contributed by atoms with Gasteiger partial charge in [-0.25, -0.2) is 4.98 Å². The molecule has 58 heavy (non-hydrogen) atoms. The molecule has 0 atom stereocenters. The SMILES string of the molecule is c1ccc(-n2c3ccccc3c3ccc(Oc4cccc(-c5cn[n+](-c6cccc(Oc7ccc8c9ccccc9n(-c9ccccn9)c8c7)c6)cn5)c4)cc32)cc1. The van der Waals surface area contributed by atoms with E-state index in [1.54, 1.807) is 17.2 Å². The minimum absolute atomic E-state index is 0.683. The Morgan fingerprint density at radius 3 is 1.72 bits per heavy atom. The van der Waals surface area contributed by atoms with E-state index in [0.717, 1.165) is 72.8 Å². The van der Waals surface area contributed by atoms with Gasteiger partial charge >= 0.3 is 6.33 Å². The van der Waals surface area contributed by atoms with Crippen LogP contribution in [0.3, 0.4) is 0 Å². The standard InChI is InChI=1S/C50H33N6O2/c1-2-13-35(14-3-1)55-46-20-6-4-18-41(46)43-25-23-39(30-48(43)55)57-37-16-10-12-34(28-37)45-32-53-54(33-52-45)36-15-11-17-38(29-36)58-40-24-26-44-42-19-5-7-21-47(42)56(49(44)31-40)50-22-8-9-27-51-50/h1-33H/q+1. The third kappa shape index (κ3) is 5.88. The molecule has 0 bridgehead atoms. The van der Waals surface area contributed by atoms with Gasteiger partial charge < -0.3 is 14.0 Å². The van der Waals surface area contributed by atoms with Gasteiger partial charge in [0.25, 0.3) is 0 Å². The van der Waals surface area contributed by atoms with Crippen LogP contribution in [-0.4, -0.2) is 24.2 Å². The molecule has 0 saturated carbocycles. The summed E-state index contributed by atoms with van der Waals surface area (Å²) in [5.74, 6) is 3.71. The summed E-state index contributed by atoms with van der Waals surface area (Å²) in [7, 11) is 0. The Morgan fingerprint density at radius 2 is 1.03 bits per heavy atom. The summed E-state index contributed by atoms with van der Waals surface area (Å²) >= 11 is 0. The molecule has 274 valence electrons. The summed E-state index contributed by atoms with van der Waals surface area (Å²) in [6, 6.07) is 61.5. The summed E-state index contributed by atoms with van der Waals surface area (Å²) in [6.07, 6.45) is 5.30. The van der Waals surface area contributed by atoms with Crippen LogP contribution in [0.15, 0.2) is 201 Å². The molecule has 0 fully saturated rings. The van der Waals surface area contributed by atoms with Gasteiger partial charge in [-0.2, -0.15) is 0 Å². The molecule has 0 saturated heterocycles. The van der Waals surface area contributed by atoms with Crippen molar-refractivity contribution in [3.8, 4) is 51.4 Å². The normalized spacial score (nSPS) is 11.4. The number of benzene rings is 7. The molecule has 0 amide bonds. The second kappa shape index (κ2) is 13.9. The van der Waals surface area contributed by atoms with E-state index in [9.17, 15) is 0 Å². The summed E-state index contributed by atoms with van der Waals surface area (Å²) in [5, 5.41) is 9.41. The van der Waals surface area contributed by atoms with Gasteiger partial charge in [0.1, 0.15) is 35.0 Å². The fraction of sp³-hybridized carbons (Fsp3) is 0. The molecule has 0 radical (unpaired) electrons. The number of fused-ring (bicyclic) bond motifs is 6. The molecule has 8 nitrogen and oxygen atoms in total. The highest BCUT2D eigenvalue weighted by molar-refractivity contribution is 6.10. The first kappa shape index (κ1) is 33.3. The van der Waals surface area contributed by atoms with E-state index in [1.807, 2.05) is 91.1 Å². The van der Waals surface area contributed by atoms with Crippen molar-refractivity contribution in [2.24, 2.45) is 0 Å². The molecule has 11 rings (SSSR count). The fourth-order valence-corrected chi connectivity index (χ4v) is 7.88. The third-order valence-electron chi connectivity index (χ3n) is 10.5. The van der Waals surface area contributed by atoms with Crippen molar-refractivity contribution in [3.63, 3.8) is 0 Å². The summed E-state index contributed by atoms with van der Waals surface area (Å²) in [6.45, 7) is 0. The number of rotatable bonds is 8. The molecule has 0 aliphatic heterocycles. The van der Waals surface area contributed by atoms with Crippen LogP contribution < -0.4 is 14.2 Å². The Bertz CT molecular complexity index is 3060. The third-order valence-corrected chi connectivity index (χ3v) is 10.5. The lowest BCUT2D eigenvalue weighted by Gasteiger charge is -2.10. The topological polar surface area (TPSA) is 70.9 Å². The van der Waals surface area contributed by atoms with Crippen LogP contribution in [0.2, 0.25) is 0 Å². The molecule has 0 unspecified atom stereocenters. The zero-order valence-corrected chi connectivity index (χ0v) is 31.1. The predicted molar refractivity (Wildman–Crippen MR) is 229 cm³/mol. The van der Waals surface area contributed by atoms with Crippen LogP contribution in [-0.2, 0) is 0 Å². The minimum Gasteiger partial charge on any atom is -0.457 e. The van der Waals surface area contributed by atoms with Crippen LogP contribution in [0, 0.1) is 0 Å². The van der Waals surface area contributed by atoms with Crippen molar-refractivity contribution in [2.75, 3.05) is 0 Å². The number of pyridine rings is 1. The average molecular weight is 750 g/mol. The molecule has 0 aliphatic carbocycles. The monoisotopic (exact) mass is 749 g/mol. The number of aromatic nitrogens is 6. The van der Waals surface area contributed by atoms with E-state index in [2.05, 4.69) is 111 Å². The second-order valence-corrected chi connectivity index (χ2v) is 14.0. The van der Waals surface area contributed by atoms with Crippen molar-refractivity contribution in [1.82, 2.24) is 24.2 Å². The molecule has 4 heterocycles. The highest BCUT2D eigenvalue weighted by Gasteiger charge is 2.17. The number of para-hydroxylation sites is 3. The maximum atomic E-state index is 6.47. The fourth-order valence-electron chi connectivity index (χ4n) is 7.88.